The van der Waals surface area contributed by atoms with Gasteiger partial charge in [0, 0.05) is 81.1 Å². The summed E-state index contributed by atoms with van der Waals surface area (Å²) in [6.07, 6.45) is 12.1. The molecule has 4 aliphatic rings. The predicted octanol–water partition coefficient (Wildman–Crippen LogP) is 12.9. The molecule has 4 fully saturated rings. The zero-order valence-electron chi connectivity index (χ0n) is 46.7. The van der Waals surface area contributed by atoms with Gasteiger partial charge in [0.25, 0.3) is 5.91 Å². The van der Waals surface area contributed by atoms with E-state index in [9.17, 15) is 24.0 Å². The molecular weight excluding hydrogens is 1020 g/mol. The summed E-state index contributed by atoms with van der Waals surface area (Å²) in [7, 11) is 5.46. The van der Waals surface area contributed by atoms with Crippen molar-refractivity contribution in [3.05, 3.63) is 98.5 Å². The van der Waals surface area contributed by atoms with Gasteiger partial charge in [-0.1, -0.05) is 35.9 Å². The summed E-state index contributed by atoms with van der Waals surface area (Å²) in [6, 6.07) is 19.1. The standard InChI is InChI=1S/C61H77ClN8O7S/c1-38(53-33-45(37-78-53)46-14-10-9-13-44(46)36-68(7)59(75)77-60(3,4)5)63-55-48-34-47(52(76-8)35-50(48)64-39(2)65-55)41-15-17-42(18-16-41)56(72)67(6)28-11-12-40-21-24-61(25-22-40)26-30-69(31-27-61)57(73)43-19-20-49(62)51(32-43)70-29-23-54(71)66-58(70)74/h9-10,13-14,19-20,32-35,37-38,40-42H,11-12,15-18,21-31,36H2,1-8H3,(H,63,64,65)(H,66,71,74)/t38-,41-,42-/m1/s1. The average Bonchev–Trinajstić information content (AvgIpc) is 3.92. The molecular formula is C61H77ClN8O7S. The molecule has 3 aromatic carbocycles. The number of carbonyl (C=O) groups is 5. The Morgan fingerprint density at radius 2 is 1.65 bits per heavy atom. The van der Waals surface area contributed by atoms with Crippen LogP contribution in [0, 0.1) is 24.2 Å². The SMILES string of the molecule is COc1cc2nc(C)nc(N[C@H](C)c3cc(-c4ccccc4CN(C)C(=O)OC(C)(C)C)cs3)c2cc1[C@H]1CC[C@H](C(=O)N(C)CCCC2CCC3(CC2)CCN(C(=O)c2ccc(Cl)c(N4CCC(=O)NC4=O)c2)CC3)CC1. The first-order valence-corrected chi connectivity index (χ1v) is 29.2. The van der Waals surface area contributed by atoms with E-state index in [0.29, 0.717) is 47.7 Å². The second-order valence-corrected chi connectivity index (χ2v) is 24.8. The number of halogens is 1. The number of thiophene rings is 1. The maximum Gasteiger partial charge on any atom is 0.410 e. The number of fused-ring (bicyclic) bond motifs is 1. The zero-order chi connectivity index (χ0) is 55.5. The van der Waals surface area contributed by atoms with Crippen LogP contribution < -0.4 is 20.3 Å². The van der Waals surface area contributed by atoms with Gasteiger partial charge in [0.2, 0.25) is 11.8 Å². The highest BCUT2D eigenvalue weighted by atomic mass is 35.5. The molecule has 0 bridgehead atoms. The zero-order valence-corrected chi connectivity index (χ0v) is 48.3. The van der Waals surface area contributed by atoms with Gasteiger partial charge in [0.1, 0.15) is 23.0 Å². The Kier molecular flexibility index (Phi) is 17.4. The molecule has 1 spiro atoms. The Hall–Kier alpha value is -6.26. The molecule has 0 unspecified atom stereocenters. The second kappa shape index (κ2) is 24.0. The van der Waals surface area contributed by atoms with E-state index >= 15 is 0 Å². The van der Waals surface area contributed by atoms with Crippen LogP contribution in [0.15, 0.2) is 66.0 Å². The fourth-order valence-electron chi connectivity index (χ4n) is 12.3. The van der Waals surface area contributed by atoms with Gasteiger partial charge in [-0.25, -0.2) is 19.6 Å². The number of nitrogens with one attached hydrogen (secondary N) is 2. The molecule has 6 amide bonds. The molecule has 1 atom stereocenters. The van der Waals surface area contributed by atoms with Crippen molar-refractivity contribution in [1.82, 2.24) is 30.0 Å². The van der Waals surface area contributed by atoms with Gasteiger partial charge in [-0.3, -0.25) is 24.6 Å². The van der Waals surface area contributed by atoms with Gasteiger partial charge in [0.15, 0.2) is 0 Å². The number of anilines is 2. The lowest BCUT2D eigenvalue weighted by Gasteiger charge is -2.46. The van der Waals surface area contributed by atoms with E-state index in [0.717, 1.165) is 108 Å². The molecule has 4 heterocycles. The highest BCUT2D eigenvalue weighted by Gasteiger charge is 2.40. The van der Waals surface area contributed by atoms with Crippen LogP contribution in [-0.4, -0.2) is 107 Å². The van der Waals surface area contributed by atoms with Gasteiger partial charge in [-0.05, 0) is 187 Å². The third-order valence-corrected chi connectivity index (χ3v) is 18.2. The molecule has 9 rings (SSSR count). The average molecular weight is 1100 g/mol. The molecule has 0 radical (unpaired) electrons. The number of imide groups is 1. The number of benzene rings is 3. The second-order valence-electron chi connectivity index (χ2n) is 23.4. The minimum atomic E-state index is -0.574. The number of hydrogen-bond acceptors (Lipinski definition) is 11. The van der Waals surface area contributed by atoms with Crippen molar-refractivity contribution in [1.29, 1.82) is 0 Å². The molecule has 2 aliphatic heterocycles. The van der Waals surface area contributed by atoms with Gasteiger partial charge < -0.3 is 29.5 Å². The van der Waals surface area contributed by atoms with Crippen LogP contribution in [0.5, 0.6) is 5.75 Å². The number of likely N-dealkylation sites (tertiary alicyclic amines) is 1. The summed E-state index contributed by atoms with van der Waals surface area (Å²) in [5.74, 6) is 3.03. The van der Waals surface area contributed by atoms with Crippen molar-refractivity contribution in [2.45, 2.75) is 142 Å². The van der Waals surface area contributed by atoms with Crippen LogP contribution in [0.1, 0.15) is 155 Å². The van der Waals surface area contributed by atoms with E-state index in [1.54, 1.807) is 48.6 Å². The number of rotatable bonds is 15. The fraction of sp³-hybridized carbons (Fsp3) is 0.525. The van der Waals surface area contributed by atoms with Gasteiger partial charge in [-0.2, -0.15) is 0 Å². The number of aryl methyl sites for hydroxylation is 1. The van der Waals surface area contributed by atoms with E-state index in [1.165, 1.54) is 30.6 Å². The summed E-state index contributed by atoms with van der Waals surface area (Å²) in [5.41, 5.74) is 5.77. The summed E-state index contributed by atoms with van der Waals surface area (Å²) >= 11 is 8.15. The predicted molar refractivity (Wildman–Crippen MR) is 308 cm³/mol. The van der Waals surface area contributed by atoms with Crippen molar-refractivity contribution in [2.24, 2.45) is 17.3 Å². The van der Waals surface area contributed by atoms with Crippen LogP contribution >= 0.6 is 22.9 Å². The highest BCUT2D eigenvalue weighted by molar-refractivity contribution is 7.10. The largest absolute Gasteiger partial charge is 0.496 e. The smallest absolute Gasteiger partial charge is 0.410 e. The summed E-state index contributed by atoms with van der Waals surface area (Å²) in [4.78, 5) is 82.5. The van der Waals surface area contributed by atoms with E-state index in [4.69, 9.17) is 31.0 Å². The van der Waals surface area contributed by atoms with E-state index in [2.05, 4.69) is 47.2 Å². The first-order chi connectivity index (χ1) is 37.3. The number of methoxy groups -OCH3 is 1. The molecule has 416 valence electrons. The minimum absolute atomic E-state index is 0.00689. The Bertz CT molecular complexity index is 3020. The quantitative estimate of drug-likeness (QED) is 0.103. The number of aromatic nitrogens is 2. The number of carbonyl (C=O) groups excluding carboxylic acids is 5. The monoisotopic (exact) mass is 1100 g/mol. The molecule has 15 nitrogen and oxygen atoms in total. The van der Waals surface area contributed by atoms with Gasteiger partial charge in [0.05, 0.1) is 29.4 Å². The summed E-state index contributed by atoms with van der Waals surface area (Å²) in [5, 5.41) is 9.54. The maximum absolute atomic E-state index is 13.9. The Morgan fingerprint density at radius 1 is 0.923 bits per heavy atom. The van der Waals surface area contributed by atoms with Crippen molar-refractivity contribution in [3.8, 4) is 16.9 Å². The number of urea groups is 1. The molecule has 17 heteroatoms. The Balaban J connectivity index is 0.741. The molecule has 2 aromatic heterocycles. The van der Waals surface area contributed by atoms with Crippen LogP contribution in [0.3, 0.4) is 0 Å². The van der Waals surface area contributed by atoms with Gasteiger partial charge >= 0.3 is 12.1 Å². The number of hydrogen-bond donors (Lipinski definition) is 2. The normalized spacial score (nSPS) is 19.3. The first kappa shape index (κ1) is 56.5. The number of nitrogens with zero attached hydrogens (tertiary/aromatic N) is 6. The molecule has 2 N–H and O–H groups in total. The minimum Gasteiger partial charge on any atom is -0.496 e. The lowest BCUT2D eigenvalue weighted by atomic mass is 9.65. The summed E-state index contributed by atoms with van der Waals surface area (Å²) in [6.45, 7) is 12.5. The van der Waals surface area contributed by atoms with Crippen molar-refractivity contribution >= 4 is 75.2 Å². The van der Waals surface area contributed by atoms with Gasteiger partial charge in [-0.15, -0.1) is 11.3 Å². The fourth-order valence-corrected chi connectivity index (χ4v) is 13.4. The Labute approximate surface area is 468 Å². The highest BCUT2D eigenvalue weighted by Crippen LogP contribution is 2.48. The number of amides is 6. The van der Waals surface area contributed by atoms with Crippen LogP contribution in [0.4, 0.5) is 21.1 Å². The third-order valence-electron chi connectivity index (χ3n) is 16.8. The van der Waals surface area contributed by atoms with Crippen LogP contribution in [-0.2, 0) is 20.9 Å². The maximum atomic E-state index is 13.9. The number of ether oxygens (including phenoxy) is 2. The van der Waals surface area contributed by atoms with E-state index in [1.807, 2.05) is 62.7 Å². The summed E-state index contributed by atoms with van der Waals surface area (Å²) < 4.78 is 11.6. The van der Waals surface area contributed by atoms with E-state index < -0.39 is 11.6 Å². The van der Waals surface area contributed by atoms with Crippen LogP contribution in [0.2, 0.25) is 5.02 Å². The topological polar surface area (TPSA) is 167 Å². The van der Waals surface area contributed by atoms with E-state index in [-0.39, 0.29) is 60.1 Å². The van der Waals surface area contributed by atoms with Crippen molar-refractivity contribution in [2.75, 3.05) is 57.6 Å². The van der Waals surface area contributed by atoms with Crippen LogP contribution in [0.25, 0.3) is 22.0 Å². The molecule has 2 saturated heterocycles. The van der Waals surface area contributed by atoms with Crippen molar-refractivity contribution < 1.29 is 33.4 Å². The molecule has 2 aliphatic carbocycles. The molecule has 2 saturated carbocycles. The molecule has 5 aromatic rings. The van der Waals surface area contributed by atoms with Crippen molar-refractivity contribution in [3.63, 3.8) is 0 Å². The lowest BCUT2D eigenvalue weighted by Crippen LogP contribution is -2.49. The number of piperidine rings is 1. The Morgan fingerprint density at radius 3 is 2.36 bits per heavy atom. The third kappa shape index (κ3) is 13.1. The molecule has 78 heavy (non-hydrogen) atoms. The first-order valence-electron chi connectivity index (χ1n) is 28.0. The lowest BCUT2D eigenvalue weighted by molar-refractivity contribution is -0.135.